The molecule has 1 fully saturated rings. The van der Waals surface area contributed by atoms with E-state index in [4.69, 9.17) is 0 Å². The first kappa shape index (κ1) is 13.3. The Bertz CT molecular complexity index is 507. The van der Waals surface area contributed by atoms with E-state index in [1.165, 1.54) is 13.8 Å². The fraction of sp³-hybridized carbons (Fsp3) is 0.500. The molecule has 0 radical (unpaired) electrons. The highest BCUT2D eigenvalue weighted by Gasteiger charge is 2.46. The van der Waals surface area contributed by atoms with Crippen LogP contribution in [0.5, 0.6) is 0 Å². The molecule has 1 aromatic rings. The fourth-order valence-electron chi connectivity index (χ4n) is 1.87. The van der Waals surface area contributed by atoms with Crippen LogP contribution >= 0.6 is 0 Å². The van der Waals surface area contributed by atoms with Gasteiger partial charge in [-0.05, 0) is 26.3 Å². The number of nitrogens with zero attached hydrogens (tertiary/aromatic N) is 3. The SMILES string of the molecule is CC1(C)C(=O)NC(=O)N(CCCn2cccn2)C1=O. The summed E-state index contributed by atoms with van der Waals surface area (Å²) >= 11 is 0. The summed E-state index contributed by atoms with van der Waals surface area (Å²) in [7, 11) is 0. The highest BCUT2D eigenvalue weighted by molar-refractivity contribution is 6.18. The Balaban J connectivity index is 1.97. The Kier molecular flexibility index (Phi) is 3.37. The van der Waals surface area contributed by atoms with Crippen molar-refractivity contribution in [3.05, 3.63) is 18.5 Å². The third-order valence-corrected chi connectivity index (χ3v) is 3.14. The Morgan fingerprint density at radius 2 is 2.00 bits per heavy atom. The molecule has 0 saturated carbocycles. The molecule has 1 saturated heterocycles. The first-order valence-electron chi connectivity index (χ1n) is 6.08. The second kappa shape index (κ2) is 4.83. The van der Waals surface area contributed by atoms with Crippen molar-refractivity contribution in [2.24, 2.45) is 5.41 Å². The molecule has 1 aliphatic rings. The zero-order valence-corrected chi connectivity index (χ0v) is 10.9. The monoisotopic (exact) mass is 264 g/mol. The zero-order chi connectivity index (χ0) is 14.0. The lowest BCUT2D eigenvalue weighted by molar-refractivity contribution is -0.149. The van der Waals surface area contributed by atoms with Gasteiger partial charge in [0.1, 0.15) is 5.41 Å². The number of imide groups is 2. The van der Waals surface area contributed by atoms with Crippen molar-refractivity contribution >= 4 is 17.8 Å². The molecule has 7 nitrogen and oxygen atoms in total. The van der Waals surface area contributed by atoms with Gasteiger partial charge in [-0.25, -0.2) is 4.79 Å². The van der Waals surface area contributed by atoms with Gasteiger partial charge in [-0.1, -0.05) is 0 Å². The molecule has 0 aromatic carbocycles. The molecule has 4 amide bonds. The van der Waals surface area contributed by atoms with Crippen molar-refractivity contribution < 1.29 is 14.4 Å². The number of hydrogen-bond acceptors (Lipinski definition) is 4. The number of rotatable bonds is 4. The minimum absolute atomic E-state index is 0.265. The largest absolute Gasteiger partial charge is 0.330 e. The Morgan fingerprint density at radius 3 is 2.63 bits per heavy atom. The number of amides is 4. The van der Waals surface area contributed by atoms with Gasteiger partial charge < -0.3 is 0 Å². The molecule has 0 spiro atoms. The van der Waals surface area contributed by atoms with Crippen LogP contribution in [0, 0.1) is 5.41 Å². The molecule has 0 aliphatic carbocycles. The topological polar surface area (TPSA) is 84.3 Å². The highest BCUT2D eigenvalue weighted by atomic mass is 16.2. The highest BCUT2D eigenvalue weighted by Crippen LogP contribution is 2.23. The number of nitrogens with one attached hydrogen (secondary N) is 1. The summed E-state index contributed by atoms with van der Waals surface area (Å²) in [5.74, 6) is -1.01. The van der Waals surface area contributed by atoms with Gasteiger partial charge in [-0.3, -0.25) is 24.5 Å². The van der Waals surface area contributed by atoms with Crippen LogP contribution in [0.3, 0.4) is 0 Å². The molecule has 7 heteroatoms. The lowest BCUT2D eigenvalue weighted by atomic mass is 9.89. The van der Waals surface area contributed by atoms with Gasteiger partial charge in [0.15, 0.2) is 0 Å². The number of aryl methyl sites for hydroxylation is 1. The Morgan fingerprint density at radius 1 is 1.26 bits per heavy atom. The summed E-state index contributed by atoms with van der Waals surface area (Å²) in [6.45, 7) is 3.90. The molecule has 0 bridgehead atoms. The van der Waals surface area contributed by atoms with Crippen molar-refractivity contribution in [1.82, 2.24) is 20.0 Å². The van der Waals surface area contributed by atoms with Crippen molar-refractivity contribution in [1.29, 1.82) is 0 Å². The van der Waals surface area contributed by atoms with Crippen LogP contribution in [0.2, 0.25) is 0 Å². The third-order valence-electron chi connectivity index (χ3n) is 3.14. The average molecular weight is 264 g/mol. The van der Waals surface area contributed by atoms with Gasteiger partial charge in [-0.15, -0.1) is 0 Å². The number of urea groups is 1. The summed E-state index contributed by atoms with van der Waals surface area (Å²) in [5, 5.41) is 6.23. The van der Waals surface area contributed by atoms with Crippen LogP contribution in [0.4, 0.5) is 4.79 Å². The number of carbonyl (C=O) groups is 3. The van der Waals surface area contributed by atoms with E-state index in [-0.39, 0.29) is 6.54 Å². The van der Waals surface area contributed by atoms with Crippen LogP contribution in [-0.4, -0.2) is 39.1 Å². The third kappa shape index (κ3) is 2.49. The molecule has 2 heterocycles. The fourth-order valence-corrected chi connectivity index (χ4v) is 1.87. The quantitative estimate of drug-likeness (QED) is 0.797. The second-order valence-electron chi connectivity index (χ2n) is 4.96. The Hall–Kier alpha value is -2.18. The van der Waals surface area contributed by atoms with E-state index in [9.17, 15) is 14.4 Å². The van der Waals surface area contributed by atoms with Gasteiger partial charge in [0.2, 0.25) is 11.8 Å². The van der Waals surface area contributed by atoms with Crippen LogP contribution < -0.4 is 5.32 Å². The number of carbonyl (C=O) groups excluding carboxylic acids is 3. The van der Waals surface area contributed by atoms with Gasteiger partial charge in [0.25, 0.3) is 0 Å². The standard InChI is InChI=1S/C12H16N4O3/c1-12(2)9(17)14-11(19)16(10(12)18)8-4-7-15-6-3-5-13-15/h3,5-6H,4,7-8H2,1-2H3,(H,14,17,19). The summed E-state index contributed by atoms with van der Waals surface area (Å²) < 4.78 is 1.72. The van der Waals surface area contributed by atoms with E-state index >= 15 is 0 Å². The summed E-state index contributed by atoms with van der Waals surface area (Å²) in [5.41, 5.74) is -1.19. The smallest absolute Gasteiger partial charge is 0.277 e. The molecular weight excluding hydrogens is 248 g/mol. The first-order valence-corrected chi connectivity index (χ1v) is 6.08. The number of hydrogen-bond donors (Lipinski definition) is 1. The van der Waals surface area contributed by atoms with Gasteiger partial charge in [-0.2, -0.15) is 5.10 Å². The summed E-state index contributed by atoms with van der Waals surface area (Å²) in [6, 6.07) is 1.16. The second-order valence-corrected chi connectivity index (χ2v) is 4.96. The lowest BCUT2D eigenvalue weighted by Crippen LogP contribution is -2.62. The van der Waals surface area contributed by atoms with E-state index < -0.39 is 23.3 Å². The molecule has 102 valence electrons. The van der Waals surface area contributed by atoms with Gasteiger partial charge >= 0.3 is 6.03 Å². The minimum Gasteiger partial charge on any atom is -0.277 e. The Labute approximate surface area is 110 Å². The van der Waals surface area contributed by atoms with Crippen molar-refractivity contribution in [3.63, 3.8) is 0 Å². The molecule has 0 unspecified atom stereocenters. The molecule has 1 aromatic heterocycles. The average Bonchev–Trinajstić information content (AvgIpc) is 2.85. The normalized spacial score (nSPS) is 18.6. The van der Waals surface area contributed by atoms with Crippen LogP contribution in [0.1, 0.15) is 20.3 Å². The molecule has 1 aliphatic heterocycles. The predicted octanol–water partition coefficient (Wildman–Crippen LogP) is 0.378. The van der Waals surface area contributed by atoms with Crippen LogP contribution in [0.15, 0.2) is 18.5 Å². The van der Waals surface area contributed by atoms with Crippen molar-refractivity contribution in [2.75, 3.05) is 6.54 Å². The maximum Gasteiger partial charge on any atom is 0.330 e. The zero-order valence-electron chi connectivity index (χ0n) is 10.9. The summed E-state index contributed by atoms with van der Waals surface area (Å²) in [6.07, 6.45) is 4.07. The number of aromatic nitrogens is 2. The lowest BCUT2D eigenvalue weighted by Gasteiger charge is -2.34. The van der Waals surface area contributed by atoms with Crippen LogP contribution in [-0.2, 0) is 16.1 Å². The van der Waals surface area contributed by atoms with Crippen molar-refractivity contribution in [3.8, 4) is 0 Å². The number of barbiturate groups is 1. The maximum absolute atomic E-state index is 12.1. The van der Waals surface area contributed by atoms with E-state index in [0.29, 0.717) is 13.0 Å². The van der Waals surface area contributed by atoms with Crippen molar-refractivity contribution in [2.45, 2.75) is 26.8 Å². The van der Waals surface area contributed by atoms with E-state index in [1.807, 2.05) is 6.20 Å². The van der Waals surface area contributed by atoms with E-state index in [2.05, 4.69) is 10.4 Å². The molecule has 2 rings (SSSR count). The van der Waals surface area contributed by atoms with E-state index in [0.717, 1.165) is 4.90 Å². The maximum atomic E-state index is 12.1. The van der Waals surface area contributed by atoms with Gasteiger partial charge in [0.05, 0.1) is 0 Å². The molecule has 19 heavy (non-hydrogen) atoms. The van der Waals surface area contributed by atoms with Gasteiger partial charge in [0, 0.05) is 25.5 Å². The van der Waals surface area contributed by atoms with Crippen LogP contribution in [0.25, 0.3) is 0 Å². The minimum atomic E-state index is -1.19. The molecule has 0 atom stereocenters. The van der Waals surface area contributed by atoms with E-state index in [1.54, 1.807) is 16.9 Å². The first-order chi connectivity index (χ1) is 8.93. The molecular formula is C12H16N4O3. The molecule has 1 N–H and O–H groups in total. The predicted molar refractivity (Wildman–Crippen MR) is 65.9 cm³/mol. The summed E-state index contributed by atoms with van der Waals surface area (Å²) in [4.78, 5) is 36.4.